The van der Waals surface area contributed by atoms with Crippen LogP contribution in [0.25, 0.3) is 0 Å². The van der Waals surface area contributed by atoms with Crippen LogP contribution in [0.15, 0.2) is 36.5 Å². The molecule has 0 bridgehead atoms. The van der Waals surface area contributed by atoms with Gasteiger partial charge in [-0.2, -0.15) is 0 Å². The van der Waals surface area contributed by atoms with Crippen LogP contribution in [0.4, 0.5) is 5.00 Å². The Labute approximate surface area is 109 Å². The number of hydrogen-bond acceptors (Lipinski definition) is 5. The first-order valence-electron chi connectivity index (χ1n) is 5.54. The van der Waals surface area contributed by atoms with Crippen molar-refractivity contribution < 1.29 is 4.92 Å². The Morgan fingerprint density at radius 2 is 2.28 bits per heavy atom. The normalized spacial score (nSPS) is 12.3. The second kappa shape index (κ2) is 5.70. The molecule has 2 rings (SSSR count). The van der Waals surface area contributed by atoms with Crippen LogP contribution in [0.3, 0.4) is 0 Å². The summed E-state index contributed by atoms with van der Waals surface area (Å²) in [5.74, 6) is 0. The molecule has 1 atom stereocenters. The van der Waals surface area contributed by atoms with Crippen molar-refractivity contribution in [2.24, 2.45) is 0 Å². The molecule has 0 aromatic carbocycles. The third-order valence-corrected chi connectivity index (χ3v) is 3.58. The lowest BCUT2D eigenvalue weighted by Gasteiger charge is -2.11. The van der Waals surface area contributed by atoms with E-state index in [2.05, 4.69) is 10.3 Å². The predicted octanol–water partition coefficient (Wildman–Crippen LogP) is 2.90. The number of aromatic nitrogens is 1. The lowest BCUT2D eigenvalue weighted by molar-refractivity contribution is -0.380. The fourth-order valence-electron chi connectivity index (χ4n) is 1.55. The van der Waals surface area contributed by atoms with E-state index in [1.165, 1.54) is 17.4 Å². The zero-order valence-corrected chi connectivity index (χ0v) is 10.7. The van der Waals surface area contributed by atoms with Crippen molar-refractivity contribution >= 4 is 16.3 Å². The number of nitrogens with one attached hydrogen (secondary N) is 1. The van der Waals surface area contributed by atoms with Crippen LogP contribution >= 0.6 is 11.3 Å². The Morgan fingerprint density at radius 1 is 1.44 bits per heavy atom. The molecule has 6 heteroatoms. The van der Waals surface area contributed by atoms with Gasteiger partial charge in [0.05, 0.1) is 10.6 Å². The van der Waals surface area contributed by atoms with Crippen molar-refractivity contribution in [3.63, 3.8) is 0 Å². The molecule has 94 valence electrons. The third kappa shape index (κ3) is 3.12. The van der Waals surface area contributed by atoms with Gasteiger partial charge < -0.3 is 5.32 Å². The summed E-state index contributed by atoms with van der Waals surface area (Å²) in [5.41, 5.74) is 0.962. The molecule has 0 saturated heterocycles. The van der Waals surface area contributed by atoms with Gasteiger partial charge in [-0.1, -0.05) is 17.4 Å². The van der Waals surface area contributed by atoms with Crippen molar-refractivity contribution in [2.75, 3.05) is 0 Å². The maximum Gasteiger partial charge on any atom is 0.324 e. The van der Waals surface area contributed by atoms with Crippen LogP contribution in [-0.2, 0) is 6.54 Å². The predicted molar refractivity (Wildman–Crippen MR) is 70.5 cm³/mol. The summed E-state index contributed by atoms with van der Waals surface area (Å²) in [7, 11) is 0. The van der Waals surface area contributed by atoms with Crippen molar-refractivity contribution in [3.05, 3.63) is 57.2 Å². The number of thiophene rings is 1. The van der Waals surface area contributed by atoms with E-state index < -0.39 is 0 Å². The molecule has 2 heterocycles. The first-order valence-corrected chi connectivity index (χ1v) is 6.36. The molecule has 2 aromatic rings. The number of nitro groups is 1. The zero-order chi connectivity index (χ0) is 13.0. The fraction of sp³-hybridized carbons (Fsp3) is 0.250. The first kappa shape index (κ1) is 12.7. The van der Waals surface area contributed by atoms with E-state index in [1.807, 2.05) is 25.1 Å². The summed E-state index contributed by atoms with van der Waals surface area (Å²) in [4.78, 5) is 15.4. The van der Waals surface area contributed by atoms with Gasteiger partial charge >= 0.3 is 5.00 Å². The number of rotatable bonds is 5. The highest BCUT2D eigenvalue weighted by Crippen LogP contribution is 2.24. The SMILES string of the molecule is C[C@@H](NCc1ccc([N+](=O)[O-])s1)c1ccccn1. The molecular weight excluding hydrogens is 250 g/mol. The highest BCUT2D eigenvalue weighted by Gasteiger charge is 2.11. The number of hydrogen-bond donors (Lipinski definition) is 1. The Balaban J connectivity index is 1.93. The molecule has 0 fully saturated rings. The van der Waals surface area contributed by atoms with Gasteiger partial charge in [-0.15, -0.1) is 0 Å². The summed E-state index contributed by atoms with van der Waals surface area (Å²) in [6.07, 6.45) is 1.75. The molecule has 0 aliphatic heterocycles. The van der Waals surface area contributed by atoms with Gasteiger partial charge in [0.2, 0.25) is 0 Å². The molecule has 0 unspecified atom stereocenters. The van der Waals surface area contributed by atoms with Gasteiger partial charge in [-0.25, -0.2) is 0 Å². The Bertz CT molecular complexity index is 527. The number of pyridine rings is 1. The quantitative estimate of drug-likeness (QED) is 0.665. The van der Waals surface area contributed by atoms with E-state index in [-0.39, 0.29) is 16.0 Å². The van der Waals surface area contributed by atoms with Gasteiger partial charge in [-0.05, 0) is 25.1 Å². The Hall–Kier alpha value is -1.79. The van der Waals surface area contributed by atoms with E-state index in [4.69, 9.17) is 0 Å². The summed E-state index contributed by atoms with van der Waals surface area (Å²) in [6.45, 7) is 2.63. The van der Waals surface area contributed by atoms with Gasteiger partial charge in [0.1, 0.15) is 0 Å². The minimum Gasteiger partial charge on any atom is -0.304 e. The Morgan fingerprint density at radius 3 is 2.89 bits per heavy atom. The van der Waals surface area contributed by atoms with Gasteiger partial charge in [0, 0.05) is 29.7 Å². The third-order valence-electron chi connectivity index (χ3n) is 2.54. The Kier molecular flexibility index (Phi) is 4.01. The molecule has 0 aliphatic rings. The molecule has 0 aliphatic carbocycles. The minimum absolute atomic E-state index is 0.118. The van der Waals surface area contributed by atoms with Crippen molar-refractivity contribution in [1.29, 1.82) is 0 Å². The first-order chi connectivity index (χ1) is 8.66. The topological polar surface area (TPSA) is 68.1 Å². The monoisotopic (exact) mass is 263 g/mol. The summed E-state index contributed by atoms with van der Waals surface area (Å²) < 4.78 is 0. The molecular formula is C12H13N3O2S. The molecule has 18 heavy (non-hydrogen) atoms. The lowest BCUT2D eigenvalue weighted by atomic mass is 10.2. The van der Waals surface area contributed by atoms with Crippen LogP contribution in [0.5, 0.6) is 0 Å². The van der Waals surface area contributed by atoms with E-state index in [9.17, 15) is 10.1 Å². The highest BCUT2D eigenvalue weighted by molar-refractivity contribution is 7.15. The van der Waals surface area contributed by atoms with Crippen LogP contribution in [0, 0.1) is 10.1 Å². The van der Waals surface area contributed by atoms with E-state index in [1.54, 1.807) is 12.3 Å². The van der Waals surface area contributed by atoms with Crippen LogP contribution in [0.1, 0.15) is 23.5 Å². The van der Waals surface area contributed by atoms with Crippen LogP contribution in [-0.4, -0.2) is 9.91 Å². The largest absolute Gasteiger partial charge is 0.324 e. The van der Waals surface area contributed by atoms with Crippen molar-refractivity contribution in [1.82, 2.24) is 10.3 Å². The van der Waals surface area contributed by atoms with E-state index in [0.29, 0.717) is 6.54 Å². The van der Waals surface area contributed by atoms with Gasteiger partial charge in [0.15, 0.2) is 0 Å². The zero-order valence-electron chi connectivity index (χ0n) is 9.87. The summed E-state index contributed by atoms with van der Waals surface area (Å²) in [6, 6.07) is 9.20. The van der Waals surface area contributed by atoms with Crippen LogP contribution < -0.4 is 5.32 Å². The fourth-order valence-corrected chi connectivity index (χ4v) is 2.32. The maximum atomic E-state index is 10.6. The van der Waals surface area contributed by atoms with E-state index in [0.717, 1.165) is 10.6 Å². The molecule has 0 spiro atoms. The lowest BCUT2D eigenvalue weighted by Crippen LogP contribution is -2.18. The highest BCUT2D eigenvalue weighted by atomic mass is 32.1. The molecule has 5 nitrogen and oxygen atoms in total. The minimum atomic E-state index is -0.365. The standard InChI is InChI=1S/C12H13N3O2S/c1-9(11-4-2-3-7-13-11)14-8-10-5-6-12(18-10)15(16)17/h2-7,9,14H,8H2,1H3/t9-/m1/s1. The molecule has 0 radical (unpaired) electrons. The van der Waals surface area contributed by atoms with Crippen LogP contribution in [0.2, 0.25) is 0 Å². The van der Waals surface area contributed by atoms with Gasteiger partial charge in [-0.3, -0.25) is 15.1 Å². The molecule has 0 saturated carbocycles. The smallest absolute Gasteiger partial charge is 0.304 e. The van der Waals surface area contributed by atoms with Crippen molar-refractivity contribution in [2.45, 2.75) is 19.5 Å². The number of nitrogens with zero attached hydrogens (tertiary/aromatic N) is 2. The second-order valence-electron chi connectivity index (χ2n) is 3.85. The molecule has 2 aromatic heterocycles. The van der Waals surface area contributed by atoms with Crippen molar-refractivity contribution in [3.8, 4) is 0 Å². The maximum absolute atomic E-state index is 10.6. The second-order valence-corrected chi connectivity index (χ2v) is 5.00. The summed E-state index contributed by atoms with van der Waals surface area (Å²) in [5, 5.41) is 14.0. The molecule has 1 N–H and O–H groups in total. The average molecular weight is 263 g/mol. The molecule has 0 amide bonds. The summed E-state index contributed by atoms with van der Waals surface area (Å²) >= 11 is 1.20. The van der Waals surface area contributed by atoms with Gasteiger partial charge in [0.25, 0.3) is 0 Å². The van der Waals surface area contributed by atoms with E-state index >= 15 is 0 Å². The average Bonchev–Trinajstić information content (AvgIpc) is 2.86.